The first-order valence-electron chi connectivity index (χ1n) is 8.75. The van der Waals surface area contributed by atoms with Crippen LogP contribution in [0.3, 0.4) is 0 Å². The van der Waals surface area contributed by atoms with Crippen molar-refractivity contribution in [1.29, 1.82) is 0 Å². The van der Waals surface area contributed by atoms with E-state index in [1.165, 1.54) is 6.33 Å². The number of benzene rings is 1. The zero-order valence-corrected chi connectivity index (χ0v) is 14.8. The molecular formula is C19H17F3N6. The molecule has 1 aliphatic heterocycles. The number of anilines is 4. The van der Waals surface area contributed by atoms with Crippen LogP contribution in [0, 0.1) is 17.5 Å². The van der Waals surface area contributed by atoms with Crippen LogP contribution >= 0.6 is 0 Å². The topological polar surface area (TPSA) is 57.2 Å². The van der Waals surface area contributed by atoms with E-state index in [0.717, 1.165) is 44.1 Å². The standard InChI is InChI=1S/C19H17F3N6/c20-13-4-5-14(19(22)18(13)21)26-15-11-17(25-12-24-15)28-9-7-27(8-10-28)16-3-1-2-6-23-16/h1-6,11-12H,7-10H2,(H,24,25,26). The maximum Gasteiger partial charge on any atom is 0.196 e. The number of hydrogen-bond donors (Lipinski definition) is 1. The molecule has 0 aliphatic carbocycles. The van der Waals surface area contributed by atoms with Crippen molar-refractivity contribution in [3.63, 3.8) is 0 Å². The van der Waals surface area contributed by atoms with Gasteiger partial charge in [0, 0.05) is 38.4 Å². The summed E-state index contributed by atoms with van der Waals surface area (Å²) in [5, 5.41) is 2.67. The minimum Gasteiger partial charge on any atom is -0.353 e. The van der Waals surface area contributed by atoms with Crippen LogP contribution in [0.1, 0.15) is 0 Å². The lowest BCUT2D eigenvalue weighted by atomic mass is 10.2. The maximum atomic E-state index is 13.9. The van der Waals surface area contributed by atoms with E-state index in [1.54, 1.807) is 12.3 Å². The van der Waals surface area contributed by atoms with Crippen LogP contribution in [0.25, 0.3) is 0 Å². The summed E-state index contributed by atoms with van der Waals surface area (Å²) >= 11 is 0. The first-order chi connectivity index (χ1) is 13.6. The highest BCUT2D eigenvalue weighted by atomic mass is 19.2. The van der Waals surface area contributed by atoms with E-state index in [1.807, 2.05) is 18.2 Å². The molecule has 3 aromatic rings. The fourth-order valence-electron chi connectivity index (χ4n) is 3.05. The van der Waals surface area contributed by atoms with Crippen LogP contribution in [0.15, 0.2) is 48.9 Å². The number of hydrogen-bond acceptors (Lipinski definition) is 6. The van der Waals surface area contributed by atoms with Crippen LogP contribution in [0.2, 0.25) is 0 Å². The van der Waals surface area contributed by atoms with Gasteiger partial charge < -0.3 is 15.1 Å². The van der Waals surface area contributed by atoms with Gasteiger partial charge in [-0.05, 0) is 24.3 Å². The highest BCUT2D eigenvalue weighted by Crippen LogP contribution is 2.24. The summed E-state index contributed by atoms with van der Waals surface area (Å²) in [5.74, 6) is -2.16. The average Bonchev–Trinajstić information content (AvgIpc) is 2.75. The molecule has 4 rings (SSSR count). The Morgan fingerprint density at radius 2 is 1.54 bits per heavy atom. The second-order valence-corrected chi connectivity index (χ2v) is 6.27. The number of halogens is 3. The Balaban J connectivity index is 1.45. The molecule has 6 nitrogen and oxygen atoms in total. The van der Waals surface area contributed by atoms with E-state index in [0.29, 0.717) is 11.6 Å². The molecule has 3 heterocycles. The fourth-order valence-corrected chi connectivity index (χ4v) is 3.05. The fraction of sp³-hybridized carbons (Fsp3) is 0.211. The molecule has 1 saturated heterocycles. The molecule has 1 aliphatic rings. The lowest BCUT2D eigenvalue weighted by Gasteiger charge is -2.36. The molecule has 9 heteroatoms. The lowest BCUT2D eigenvalue weighted by molar-refractivity contribution is 0.449. The summed E-state index contributed by atoms with van der Waals surface area (Å²) < 4.78 is 40.3. The van der Waals surface area contributed by atoms with Gasteiger partial charge in [0.05, 0.1) is 5.69 Å². The van der Waals surface area contributed by atoms with Crippen molar-refractivity contribution in [1.82, 2.24) is 15.0 Å². The molecule has 0 atom stereocenters. The molecule has 0 radical (unpaired) electrons. The summed E-state index contributed by atoms with van der Waals surface area (Å²) in [6.07, 6.45) is 3.11. The molecule has 0 saturated carbocycles. The summed E-state index contributed by atoms with van der Waals surface area (Å²) in [7, 11) is 0. The number of aromatic nitrogens is 3. The van der Waals surface area contributed by atoms with Crippen molar-refractivity contribution in [2.45, 2.75) is 0 Å². The van der Waals surface area contributed by atoms with Gasteiger partial charge in [0.25, 0.3) is 0 Å². The maximum absolute atomic E-state index is 13.9. The molecule has 0 bridgehead atoms. The smallest absolute Gasteiger partial charge is 0.196 e. The van der Waals surface area contributed by atoms with Gasteiger partial charge >= 0.3 is 0 Å². The average molecular weight is 386 g/mol. The van der Waals surface area contributed by atoms with Gasteiger partial charge in [0.1, 0.15) is 23.8 Å². The van der Waals surface area contributed by atoms with E-state index in [4.69, 9.17) is 0 Å². The summed E-state index contributed by atoms with van der Waals surface area (Å²) in [4.78, 5) is 16.9. The Morgan fingerprint density at radius 1 is 0.786 bits per heavy atom. The number of rotatable bonds is 4. The lowest BCUT2D eigenvalue weighted by Crippen LogP contribution is -2.47. The van der Waals surface area contributed by atoms with Crippen LogP contribution in [-0.4, -0.2) is 41.1 Å². The van der Waals surface area contributed by atoms with E-state index >= 15 is 0 Å². The van der Waals surface area contributed by atoms with E-state index in [-0.39, 0.29) is 5.69 Å². The summed E-state index contributed by atoms with van der Waals surface area (Å²) in [5.41, 5.74) is -0.191. The number of pyridine rings is 1. The van der Waals surface area contributed by atoms with Crippen molar-refractivity contribution < 1.29 is 13.2 Å². The van der Waals surface area contributed by atoms with Crippen molar-refractivity contribution >= 4 is 23.1 Å². The predicted molar refractivity (Wildman–Crippen MR) is 100 cm³/mol. The van der Waals surface area contributed by atoms with E-state index < -0.39 is 17.5 Å². The van der Waals surface area contributed by atoms with Crippen molar-refractivity contribution in [3.8, 4) is 0 Å². The zero-order chi connectivity index (χ0) is 19.5. The minimum absolute atomic E-state index is 0.191. The third kappa shape index (κ3) is 3.68. The normalized spacial score (nSPS) is 14.2. The van der Waals surface area contributed by atoms with Crippen LogP contribution < -0.4 is 15.1 Å². The highest BCUT2D eigenvalue weighted by molar-refractivity contribution is 5.60. The second-order valence-electron chi connectivity index (χ2n) is 6.27. The molecule has 2 aromatic heterocycles. The van der Waals surface area contributed by atoms with Crippen molar-refractivity contribution in [3.05, 3.63) is 66.4 Å². The quantitative estimate of drug-likeness (QED) is 0.694. The largest absolute Gasteiger partial charge is 0.353 e. The SMILES string of the molecule is Fc1ccc(Nc2cc(N3CCN(c4ccccn4)CC3)ncn2)c(F)c1F. The second kappa shape index (κ2) is 7.71. The minimum atomic E-state index is -1.52. The van der Waals surface area contributed by atoms with Crippen LogP contribution in [0.4, 0.5) is 36.3 Å². The Kier molecular flexibility index (Phi) is 4.96. The Hall–Kier alpha value is -3.36. The van der Waals surface area contributed by atoms with E-state index in [2.05, 4.69) is 30.1 Å². The van der Waals surface area contributed by atoms with Gasteiger partial charge in [-0.15, -0.1) is 0 Å². The molecule has 1 fully saturated rings. The Morgan fingerprint density at radius 3 is 2.25 bits per heavy atom. The van der Waals surface area contributed by atoms with E-state index in [9.17, 15) is 13.2 Å². The van der Waals surface area contributed by atoms with Crippen LogP contribution in [0.5, 0.6) is 0 Å². The Bertz CT molecular complexity index is 961. The molecule has 144 valence electrons. The zero-order valence-electron chi connectivity index (χ0n) is 14.8. The first kappa shape index (κ1) is 18.0. The number of piperazine rings is 1. The molecule has 0 unspecified atom stereocenters. The first-order valence-corrected chi connectivity index (χ1v) is 8.75. The van der Waals surface area contributed by atoms with Gasteiger partial charge in [-0.1, -0.05) is 6.07 Å². The van der Waals surface area contributed by atoms with Gasteiger partial charge in [-0.2, -0.15) is 0 Å². The molecule has 1 aromatic carbocycles. The molecule has 0 spiro atoms. The number of nitrogens with zero attached hydrogens (tertiary/aromatic N) is 5. The predicted octanol–water partition coefficient (Wildman–Crippen LogP) is 3.36. The number of nitrogens with one attached hydrogen (secondary N) is 1. The molecule has 0 amide bonds. The van der Waals surface area contributed by atoms with Crippen molar-refractivity contribution in [2.24, 2.45) is 0 Å². The van der Waals surface area contributed by atoms with Gasteiger partial charge in [-0.25, -0.2) is 28.1 Å². The highest BCUT2D eigenvalue weighted by Gasteiger charge is 2.20. The monoisotopic (exact) mass is 386 g/mol. The van der Waals surface area contributed by atoms with Gasteiger partial charge in [0.2, 0.25) is 0 Å². The van der Waals surface area contributed by atoms with Crippen molar-refractivity contribution in [2.75, 3.05) is 41.3 Å². The molecule has 28 heavy (non-hydrogen) atoms. The third-order valence-electron chi connectivity index (χ3n) is 4.53. The Labute approximate surface area is 159 Å². The summed E-state index contributed by atoms with van der Waals surface area (Å²) in [6.45, 7) is 3.02. The van der Waals surface area contributed by atoms with Gasteiger partial charge in [0.15, 0.2) is 17.5 Å². The third-order valence-corrected chi connectivity index (χ3v) is 4.53. The van der Waals surface area contributed by atoms with Crippen LogP contribution in [-0.2, 0) is 0 Å². The molecular weight excluding hydrogens is 369 g/mol. The van der Waals surface area contributed by atoms with Gasteiger partial charge in [-0.3, -0.25) is 0 Å². The molecule has 1 N–H and O–H groups in total. The summed E-state index contributed by atoms with van der Waals surface area (Å²) in [6, 6.07) is 9.44.